The van der Waals surface area contributed by atoms with Crippen molar-refractivity contribution in [1.29, 1.82) is 0 Å². The normalized spacial score (nSPS) is 14.5. The topological polar surface area (TPSA) is 80.9 Å². The van der Waals surface area contributed by atoms with Crippen LogP contribution >= 0.6 is 0 Å². The van der Waals surface area contributed by atoms with Gasteiger partial charge in [0.15, 0.2) is 11.6 Å². The molecule has 0 aliphatic carbocycles. The highest BCUT2D eigenvalue weighted by atomic mass is 16.5. The van der Waals surface area contributed by atoms with Crippen molar-refractivity contribution in [1.82, 2.24) is 15.1 Å². The van der Waals surface area contributed by atoms with E-state index in [4.69, 9.17) is 13.9 Å². The van der Waals surface area contributed by atoms with E-state index >= 15 is 0 Å². The lowest BCUT2D eigenvalue weighted by atomic mass is 10.2. The minimum atomic E-state index is -0.0798. The summed E-state index contributed by atoms with van der Waals surface area (Å²) >= 11 is 0. The molecule has 1 aliphatic heterocycles. The molecule has 8 nitrogen and oxygen atoms in total. The molecule has 0 N–H and O–H groups in total. The standard InChI is InChI=1S/C20H22N4O4/c1-26-12-13-27-19-7-6-18(21-22-19)23-8-10-24(11-9-23)20(25)17-14-15-4-2-3-5-16(15)28-17/h2-7,14H,8-13H2,1H3. The highest BCUT2D eigenvalue weighted by Gasteiger charge is 2.25. The third-order valence-electron chi connectivity index (χ3n) is 4.69. The number of rotatable bonds is 6. The van der Waals surface area contributed by atoms with E-state index in [0.29, 0.717) is 51.0 Å². The molecule has 0 unspecified atom stereocenters. The zero-order valence-corrected chi connectivity index (χ0v) is 15.7. The maximum Gasteiger partial charge on any atom is 0.289 e. The third-order valence-corrected chi connectivity index (χ3v) is 4.69. The molecule has 3 aromatic rings. The molecule has 0 atom stereocenters. The fraction of sp³-hybridized carbons (Fsp3) is 0.350. The number of ether oxygens (including phenoxy) is 2. The molecule has 28 heavy (non-hydrogen) atoms. The number of hydrogen-bond donors (Lipinski definition) is 0. The van der Waals surface area contributed by atoms with Crippen molar-refractivity contribution < 1.29 is 18.7 Å². The lowest BCUT2D eigenvalue weighted by molar-refractivity contribution is 0.0717. The number of para-hydroxylation sites is 1. The Bertz CT molecular complexity index is 900. The smallest absolute Gasteiger partial charge is 0.289 e. The third kappa shape index (κ3) is 3.91. The Morgan fingerprint density at radius 2 is 1.89 bits per heavy atom. The van der Waals surface area contributed by atoms with Crippen LogP contribution in [0.3, 0.4) is 0 Å². The van der Waals surface area contributed by atoms with E-state index in [1.165, 1.54) is 0 Å². The average Bonchev–Trinajstić information content (AvgIpc) is 3.18. The molecule has 1 amide bonds. The molecular weight excluding hydrogens is 360 g/mol. The minimum absolute atomic E-state index is 0.0798. The van der Waals surface area contributed by atoms with Gasteiger partial charge in [-0.15, -0.1) is 10.2 Å². The number of nitrogens with zero attached hydrogens (tertiary/aromatic N) is 4. The predicted octanol–water partition coefficient (Wildman–Crippen LogP) is 2.21. The van der Waals surface area contributed by atoms with E-state index in [1.807, 2.05) is 35.2 Å². The molecule has 1 saturated heterocycles. The van der Waals surface area contributed by atoms with Crippen LogP contribution in [0, 0.1) is 0 Å². The molecule has 0 saturated carbocycles. The van der Waals surface area contributed by atoms with Crippen LogP contribution in [0.4, 0.5) is 5.82 Å². The molecule has 0 spiro atoms. The molecule has 8 heteroatoms. The van der Waals surface area contributed by atoms with Gasteiger partial charge in [-0.25, -0.2) is 0 Å². The molecular formula is C20H22N4O4. The van der Waals surface area contributed by atoms with Gasteiger partial charge in [-0.1, -0.05) is 18.2 Å². The van der Waals surface area contributed by atoms with Crippen molar-refractivity contribution in [3.05, 3.63) is 48.2 Å². The van der Waals surface area contributed by atoms with Gasteiger partial charge in [-0.2, -0.15) is 0 Å². The van der Waals surface area contributed by atoms with Crippen molar-refractivity contribution in [2.24, 2.45) is 0 Å². The van der Waals surface area contributed by atoms with Gasteiger partial charge in [0.05, 0.1) is 6.61 Å². The largest absolute Gasteiger partial charge is 0.474 e. The van der Waals surface area contributed by atoms with Gasteiger partial charge >= 0.3 is 0 Å². The van der Waals surface area contributed by atoms with Crippen LogP contribution in [0.2, 0.25) is 0 Å². The van der Waals surface area contributed by atoms with E-state index in [-0.39, 0.29) is 5.91 Å². The Hall–Kier alpha value is -3.13. The number of aromatic nitrogens is 2. The average molecular weight is 382 g/mol. The van der Waals surface area contributed by atoms with Crippen molar-refractivity contribution in [2.75, 3.05) is 51.4 Å². The summed E-state index contributed by atoms with van der Waals surface area (Å²) < 4.78 is 16.1. The first-order chi connectivity index (χ1) is 13.7. The second-order valence-corrected chi connectivity index (χ2v) is 6.50. The van der Waals surface area contributed by atoms with E-state index in [9.17, 15) is 4.79 Å². The first kappa shape index (κ1) is 18.2. The molecule has 1 aliphatic rings. The fourth-order valence-electron chi connectivity index (χ4n) is 3.17. The van der Waals surface area contributed by atoms with Crippen molar-refractivity contribution in [3.63, 3.8) is 0 Å². The second-order valence-electron chi connectivity index (χ2n) is 6.50. The highest BCUT2D eigenvalue weighted by Crippen LogP contribution is 2.21. The van der Waals surface area contributed by atoms with Crippen LogP contribution in [0.1, 0.15) is 10.6 Å². The minimum Gasteiger partial charge on any atom is -0.474 e. The summed E-state index contributed by atoms with van der Waals surface area (Å²) in [6.07, 6.45) is 0. The van der Waals surface area contributed by atoms with Crippen LogP contribution in [-0.4, -0.2) is 67.5 Å². The van der Waals surface area contributed by atoms with E-state index in [1.54, 1.807) is 19.2 Å². The molecule has 0 radical (unpaired) electrons. The molecule has 2 aromatic heterocycles. The Morgan fingerprint density at radius 3 is 2.61 bits per heavy atom. The summed E-state index contributed by atoms with van der Waals surface area (Å²) in [5.74, 6) is 1.55. The number of anilines is 1. The number of carbonyl (C=O) groups excluding carboxylic acids is 1. The fourth-order valence-corrected chi connectivity index (χ4v) is 3.17. The molecule has 1 fully saturated rings. The van der Waals surface area contributed by atoms with Crippen molar-refractivity contribution in [2.45, 2.75) is 0 Å². The van der Waals surface area contributed by atoms with E-state index in [0.717, 1.165) is 16.8 Å². The van der Waals surface area contributed by atoms with Crippen LogP contribution in [0.15, 0.2) is 46.9 Å². The van der Waals surface area contributed by atoms with Crippen LogP contribution in [0.5, 0.6) is 5.88 Å². The summed E-state index contributed by atoms with van der Waals surface area (Å²) in [6, 6.07) is 13.1. The van der Waals surface area contributed by atoms with Crippen molar-refractivity contribution in [3.8, 4) is 5.88 Å². The summed E-state index contributed by atoms with van der Waals surface area (Å²) in [4.78, 5) is 16.7. The summed E-state index contributed by atoms with van der Waals surface area (Å²) in [5.41, 5.74) is 0.729. The Labute approximate surface area is 162 Å². The molecule has 3 heterocycles. The van der Waals surface area contributed by atoms with Crippen LogP contribution < -0.4 is 9.64 Å². The number of hydrogen-bond acceptors (Lipinski definition) is 7. The van der Waals surface area contributed by atoms with Gasteiger partial charge in [-0.3, -0.25) is 4.79 Å². The molecule has 146 valence electrons. The first-order valence-corrected chi connectivity index (χ1v) is 9.23. The van der Waals surface area contributed by atoms with E-state index in [2.05, 4.69) is 15.1 Å². The molecule has 1 aromatic carbocycles. The number of fused-ring (bicyclic) bond motifs is 1. The Balaban J connectivity index is 1.34. The lowest BCUT2D eigenvalue weighted by Crippen LogP contribution is -2.49. The maximum atomic E-state index is 12.7. The van der Waals surface area contributed by atoms with Gasteiger partial charge in [0.2, 0.25) is 5.88 Å². The Kier molecular flexibility index (Phi) is 5.38. The summed E-state index contributed by atoms with van der Waals surface area (Å²) in [6.45, 7) is 3.51. The van der Waals surface area contributed by atoms with E-state index < -0.39 is 0 Å². The zero-order chi connectivity index (χ0) is 19.3. The SMILES string of the molecule is COCCOc1ccc(N2CCN(C(=O)c3cc4ccccc4o3)CC2)nn1. The number of benzene rings is 1. The lowest BCUT2D eigenvalue weighted by Gasteiger charge is -2.34. The van der Waals surface area contributed by atoms with Gasteiger partial charge in [-0.05, 0) is 18.2 Å². The summed E-state index contributed by atoms with van der Waals surface area (Å²) in [5, 5.41) is 9.25. The van der Waals surface area contributed by atoms with Crippen molar-refractivity contribution >= 4 is 22.7 Å². The van der Waals surface area contributed by atoms with Crippen LogP contribution in [0.25, 0.3) is 11.0 Å². The predicted molar refractivity (Wildman–Crippen MR) is 104 cm³/mol. The highest BCUT2D eigenvalue weighted by molar-refractivity contribution is 5.96. The monoisotopic (exact) mass is 382 g/mol. The first-order valence-electron chi connectivity index (χ1n) is 9.23. The van der Waals surface area contributed by atoms with Gasteiger partial charge in [0.25, 0.3) is 5.91 Å². The quantitative estimate of drug-likeness (QED) is 0.605. The zero-order valence-electron chi connectivity index (χ0n) is 15.7. The van der Waals surface area contributed by atoms with Gasteiger partial charge in [0, 0.05) is 44.7 Å². The van der Waals surface area contributed by atoms with Crippen LogP contribution in [-0.2, 0) is 4.74 Å². The molecule has 4 rings (SSSR count). The number of methoxy groups -OCH3 is 1. The number of furan rings is 1. The summed E-state index contributed by atoms with van der Waals surface area (Å²) in [7, 11) is 1.62. The maximum absolute atomic E-state index is 12.7. The number of carbonyl (C=O) groups is 1. The molecule has 0 bridgehead atoms. The van der Waals surface area contributed by atoms with Gasteiger partial charge in [0.1, 0.15) is 12.2 Å². The Morgan fingerprint density at radius 1 is 1.07 bits per heavy atom. The number of amides is 1. The number of piperazine rings is 1. The van der Waals surface area contributed by atoms with Gasteiger partial charge < -0.3 is 23.7 Å². The second kappa shape index (κ2) is 8.26.